The summed E-state index contributed by atoms with van der Waals surface area (Å²) in [6, 6.07) is 2.88. The molecule has 1 aromatic rings. The maximum Gasteiger partial charge on any atom is 0.250 e. The predicted octanol–water partition coefficient (Wildman–Crippen LogP) is 2.86. The van der Waals surface area contributed by atoms with Crippen LogP contribution in [0.15, 0.2) is 30.0 Å². The Balaban J connectivity index is 1.40. The summed E-state index contributed by atoms with van der Waals surface area (Å²) in [7, 11) is 0. The lowest BCUT2D eigenvalue weighted by atomic mass is 9.89. The Morgan fingerprint density at radius 1 is 1.44 bits per heavy atom. The first-order valence-corrected chi connectivity index (χ1v) is 9.05. The molecule has 0 bridgehead atoms. The third-order valence-corrected chi connectivity index (χ3v) is 5.32. The van der Waals surface area contributed by atoms with Crippen LogP contribution in [0, 0.1) is 5.82 Å². The first kappa shape index (κ1) is 16.5. The zero-order valence-electron chi connectivity index (χ0n) is 14.2. The molecule has 0 radical (unpaired) electrons. The Labute approximate surface area is 146 Å². The van der Waals surface area contributed by atoms with Crippen LogP contribution >= 0.6 is 0 Å². The van der Waals surface area contributed by atoms with Crippen LogP contribution in [-0.4, -0.2) is 47.2 Å². The van der Waals surface area contributed by atoms with E-state index in [4.69, 9.17) is 9.47 Å². The molecule has 6 heteroatoms. The van der Waals surface area contributed by atoms with Gasteiger partial charge in [-0.3, -0.25) is 4.79 Å². The average Bonchev–Trinajstić information content (AvgIpc) is 3.27. The smallest absolute Gasteiger partial charge is 0.250 e. The molecular weight excluding hydrogens is 323 g/mol. The number of carbonyl (C=O) groups is 1. The second-order valence-corrected chi connectivity index (χ2v) is 7.18. The molecule has 1 aliphatic carbocycles. The van der Waals surface area contributed by atoms with Gasteiger partial charge in [-0.2, -0.15) is 0 Å². The van der Waals surface area contributed by atoms with Crippen LogP contribution in [0.2, 0.25) is 0 Å². The van der Waals surface area contributed by atoms with E-state index in [-0.39, 0.29) is 23.5 Å². The van der Waals surface area contributed by atoms with Crippen LogP contribution in [0.4, 0.5) is 4.39 Å². The summed E-state index contributed by atoms with van der Waals surface area (Å²) < 4.78 is 25.5. The fraction of sp³-hybridized carbons (Fsp3) is 0.579. The van der Waals surface area contributed by atoms with E-state index in [1.165, 1.54) is 18.3 Å². The molecule has 0 N–H and O–H groups in total. The van der Waals surface area contributed by atoms with Crippen LogP contribution in [0.25, 0.3) is 0 Å². The number of hydrogen-bond acceptors (Lipinski definition) is 4. The van der Waals surface area contributed by atoms with Gasteiger partial charge in [0.05, 0.1) is 18.8 Å². The van der Waals surface area contributed by atoms with Gasteiger partial charge in [0.25, 0.3) is 5.88 Å². The molecular formula is C19H23FN2O3. The molecule has 5 nitrogen and oxygen atoms in total. The molecule has 1 amide bonds. The highest BCUT2D eigenvalue weighted by molar-refractivity contribution is 5.93. The first-order chi connectivity index (χ1) is 12.2. The van der Waals surface area contributed by atoms with E-state index in [0.29, 0.717) is 19.6 Å². The molecule has 1 spiro atoms. The van der Waals surface area contributed by atoms with E-state index in [2.05, 4.69) is 11.1 Å². The summed E-state index contributed by atoms with van der Waals surface area (Å²) in [5.41, 5.74) is 0.571. The van der Waals surface area contributed by atoms with E-state index in [9.17, 15) is 9.18 Å². The molecule has 3 heterocycles. The molecule has 0 saturated carbocycles. The Morgan fingerprint density at radius 2 is 2.36 bits per heavy atom. The second-order valence-electron chi connectivity index (χ2n) is 7.18. The number of hydrogen-bond donors (Lipinski definition) is 0. The Kier molecular flexibility index (Phi) is 4.46. The minimum absolute atomic E-state index is 0.0213. The van der Waals surface area contributed by atoms with E-state index < -0.39 is 5.82 Å². The van der Waals surface area contributed by atoms with Gasteiger partial charge >= 0.3 is 0 Å². The van der Waals surface area contributed by atoms with Gasteiger partial charge in [0.1, 0.15) is 6.10 Å². The maximum atomic E-state index is 13.7. The van der Waals surface area contributed by atoms with Crippen molar-refractivity contribution in [2.45, 2.75) is 50.2 Å². The zero-order valence-corrected chi connectivity index (χ0v) is 14.2. The monoisotopic (exact) mass is 346 g/mol. The maximum absolute atomic E-state index is 13.7. The zero-order chi connectivity index (χ0) is 17.3. The Morgan fingerprint density at radius 3 is 3.16 bits per heavy atom. The number of likely N-dealkylation sites (tertiary alicyclic amines) is 1. The Bertz CT molecular complexity index is 693. The molecule has 1 aromatic heterocycles. The highest BCUT2D eigenvalue weighted by atomic mass is 19.1. The van der Waals surface area contributed by atoms with Gasteiger partial charge in [-0.05, 0) is 44.2 Å². The summed E-state index contributed by atoms with van der Waals surface area (Å²) in [5.74, 6) is -0.287. The van der Waals surface area contributed by atoms with Crippen LogP contribution in [0.5, 0.6) is 5.88 Å². The number of nitrogens with zero attached hydrogens (tertiary/aromatic N) is 2. The number of amides is 1. The summed E-state index contributed by atoms with van der Waals surface area (Å²) in [6.45, 7) is 1.77. The van der Waals surface area contributed by atoms with Crippen molar-refractivity contribution in [3.8, 4) is 5.88 Å². The van der Waals surface area contributed by atoms with Gasteiger partial charge in [-0.15, -0.1) is 0 Å². The fourth-order valence-electron chi connectivity index (χ4n) is 4.12. The van der Waals surface area contributed by atoms with E-state index in [0.717, 1.165) is 44.2 Å². The molecule has 0 unspecified atom stereocenters. The lowest BCUT2D eigenvalue weighted by Gasteiger charge is -2.39. The number of aromatic nitrogens is 1. The minimum Gasteiger partial charge on any atom is -0.470 e. The molecule has 2 saturated heterocycles. The number of piperidine rings is 1. The first-order valence-electron chi connectivity index (χ1n) is 9.05. The normalized spacial score (nSPS) is 29.1. The molecule has 0 aromatic carbocycles. The van der Waals surface area contributed by atoms with E-state index >= 15 is 0 Å². The van der Waals surface area contributed by atoms with Crippen LogP contribution in [-0.2, 0) is 9.53 Å². The number of ether oxygens (including phenoxy) is 2. The number of pyridine rings is 1. The van der Waals surface area contributed by atoms with Crippen LogP contribution < -0.4 is 4.74 Å². The molecule has 3 aliphatic rings. The summed E-state index contributed by atoms with van der Waals surface area (Å²) in [4.78, 5) is 18.5. The van der Waals surface area contributed by atoms with E-state index in [1.807, 2.05) is 4.90 Å². The quantitative estimate of drug-likeness (QED) is 0.844. The fourth-order valence-corrected chi connectivity index (χ4v) is 4.12. The van der Waals surface area contributed by atoms with Gasteiger partial charge in [-0.25, -0.2) is 9.37 Å². The van der Waals surface area contributed by atoms with Crippen molar-refractivity contribution in [1.29, 1.82) is 0 Å². The van der Waals surface area contributed by atoms with Gasteiger partial charge in [0.15, 0.2) is 5.82 Å². The minimum atomic E-state index is -0.461. The van der Waals surface area contributed by atoms with Crippen LogP contribution in [0.1, 0.15) is 38.5 Å². The summed E-state index contributed by atoms with van der Waals surface area (Å²) >= 11 is 0. The van der Waals surface area contributed by atoms with Crippen molar-refractivity contribution in [3.05, 3.63) is 35.8 Å². The standard InChI is InChI=1S/C19H23FN2O3/c20-16-7-3-9-21-17(16)25-15-11-19(24-12-15)8-4-10-22(13-19)18(23)14-5-1-2-6-14/h3,5,7,9,15H,1-2,4,6,8,10-13H2/t15-,19+/m1/s1. The van der Waals surface area contributed by atoms with Gasteiger partial charge in [0, 0.05) is 24.7 Å². The largest absolute Gasteiger partial charge is 0.470 e. The predicted molar refractivity (Wildman–Crippen MR) is 89.7 cm³/mol. The third kappa shape index (κ3) is 3.40. The van der Waals surface area contributed by atoms with E-state index in [1.54, 1.807) is 0 Å². The highest BCUT2D eigenvalue weighted by Gasteiger charge is 2.46. The number of allylic oxidation sites excluding steroid dienone is 1. The van der Waals surface area contributed by atoms with Crippen LogP contribution in [0.3, 0.4) is 0 Å². The third-order valence-electron chi connectivity index (χ3n) is 5.32. The molecule has 2 aliphatic heterocycles. The number of halogens is 1. The summed E-state index contributed by atoms with van der Waals surface area (Å²) in [5, 5.41) is 0. The van der Waals surface area contributed by atoms with Crippen molar-refractivity contribution in [2.75, 3.05) is 19.7 Å². The molecule has 2 fully saturated rings. The molecule has 134 valence electrons. The van der Waals surface area contributed by atoms with Crippen molar-refractivity contribution in [1.82, 2.24) is 9.88 Å². The number of carbonyl (C=O) groups excluding carboxylic acids is 1. The van der Waals surface area contributed by atoms with Gasteiger partial charge < -0.3 is 14.4 Å². The van der Waals surface area contributed by atoms with Crippen molar-refractivity contribution >= 4 is 5.91 Å². The molecule has 25 heavy (non-hydrogen) atoms. The van der Waals surface area contributed by atoms with Gasteiger partial charge in [0.2, 0.25) is 5.91 Å². The second kappa shape index (κ2) is 6.75. The van der Waals surface area contributed by atoms with Crippen molar-refractivity contribution in [3.63, 3.8) is 0 Å². The molecule has 4 rings (SSSR count). The highest BCUT2D eigenvalue weighted by Crippen LogP contribution is 2.37. The molecule has 2 atom stereocenters. The lowest BCUT2D eigenvalue weighted by molar-refractivity contribution is -0.135. The lowest BCUT2D eigenvalue weighted by Crippen LogP contribution is -2.50. The van der Waals surface area contributed by atoms with Crippen molar-refractivity contribution in [2.24, 2.45) is 0 Å². The average molecular weight is 346 g/mol. The Hall–Kier alpha value is -1.95. The topological polar surface area (TPSA) is 51.7 Å². The summed E-state index contributed by atoms with van der Waals surface area (Å²) in [6.07, 6.45) is 8.79. The number of rotatable bonds is 3. The SMILES string of the molecule is O=C(C1=CCCC1)N1CCC[C@]2(C[C@@H](Oc3ncccc3F)CO2)C1. The van der Waals surface area contributed by atoms with Gasteiger partial charge in [-0.1, -0.05) is 6.08 Å². The van der Waals surface area contributed by atoms with Crippen molar-refractivity contribution < 1.29 is 18.7 Å².